The molecular formula is C14H19N3O3. The number of nitro groups is 1. The molecule has 1 amide bonds. The summed E-state index contributed by atoms with van der Waals surface area (Å²) in [4.78, 5) is 22.6. The van der Waals surface area contributed by atoms with E-state index in [-0.39, 0.29) is 23.1 Å². The van der Waals surface area contributed by atoms with Crippen molar-refractivity contribution < 1.29 is 9.72 Å². The Bertz CT molecular complexity index is 555. The van der Waals surface area contributed by atoms with E-state index in [0.717, 1.165) is 6.42 Å². The second-order valence-electron chi connectivity index (χ2n) is 5.74. The van der Waals surface area contributed by atoms with Gasteiger partial charge in [0.25, 0.3) is 11.6 Å². The van der Waals surface area contributed by atoms with Crippen LogP contribution < -0.4 is 10.6 Å². The number of anilines is 1. The first kappa shape index (κ1) is 14.3. The van der Waals surface area contributed by atoms with Crippen molar-refractivity contribution in [3.05, 3.63) is 33.9 Å². The van der Waals surface area contributed by atoms with Gasteiger partial charge in [0.15, 0.2) is 0 Å². The van der Waals surface area contributed by atoms with Crippen LogP contribution in [0.15, 0.2) is 18.2 Å². The molecule has 0 spiro atoms. The summed E-state index contributed by atoms with van der Waals surface area (Å²) in [6.45, 7) is 6.72. The number of hydrogen-bond acceptors (Lipinski definition) is 4. The van der Waals surface area contributed by atoms with Gasteiger partial charge in [-0.1, -0.05) is 13.8 Å². The van der Waals surface area contributed by atoms with Crippen molar-refractivity contribution in [1.82, 2.24) is 5.32 Å². The number of hydrogen-bond donors (Lipinski definition) is 2. The first-order valence-electron chi connectivity index (χ1n) is 6.68. The van der Waals surface area contributed by atoms with Gasteiger partial charge >= 0.3 is 0 Å². The summed E-state index contributed by atoms with van der Waals surface area (Å²) >= 11 is 0. The molecule has 1 aliphatic rings. The zero-order valence-electron chi connectivity index (χ0n) is 11.9. The largest absolute Gasteiger partial charge is 0.385 e. The third kappa shape index (κ3) is 2.89. The number of rotatable bonds is 5. The molecular weight excluding hydrogens is 258 g/mol. The molecule has 2 rings (SSSR count). The number of benzene rings is 1. The third-order valence-electron chi connectivity index (χ3n) is 3.64. The van der Waals surface area contributed by atoms with Gasteiger partial charge in [0.2, 0.25) is 0 Å². The molecule has 108 valence electrons. The molecule has 1 aromatic rings. The molecule has 2 N–H and O–H groups in total. The first-order chi connectivity index (χ1) is 9.35. The summed E-state index contributed by atoms with van der Waals surface area (Å²) in [7, 11) is 0. The number of nitrogens with one attached hydrogen (secondary N) is 2. The zero-order valence-corrected chi connectivity index (χ0v) is 11.9. The summed E-state index contributed by atoms with van der Waals surface area (Å²) < 4.78 is 0. The Labute approximate surface area is 117 Å². The molecule has 0 aliphatic heterocycles. The van der Waals surface area contributed by atoms with Gasteiger partial charge in [-0.2, -0.15) is 0 Å². The number of nitro benzene ring substituents is 1. The lowest BCUT2D eigenvalue weighted by atomic mass is 10.1. The second-order valence-corrected chi connectivity index (χ2v) is 5.74. The summed E-state index contributed by atoms with van der Waals surface area (Å²) in [5, 5.41) is 16.8. The minimum Gasteiger partial charge on any atom is -0.385 e. The fourth-order valence-electron chi connectivity index (χ4n) is 2.13. The fraction of sp³-hybridized carbons (Fsp3) is 0.500. The lowest BCUT2D eigenvalue weighted by Crippen LogP contribution is -2.29. The van der Waals surface area contributed by atoms with Crippen LogP contribution in [0.2, 0.25) is 0 Å². The Kier molecular flexibility index (Phi) is 3.65. The molecule has 1 fully saturated rings. The zero-order chi connectivity index (χ0) is 14.9. The number of carbonyl (C=O) groups is 1. The highest BCUT2D eigenvalue weighted by molar-refractivity contribution is 6.00. The number of nitrogens with zero attached hydrogens (tertiary/aromatic N) is 1. The molecule has 0 saturated heterocycles. The topological polar surface area (TPSA) is 84.3 Å². The van der Waals surface area contributed by atoms with Gasteiger partial charge in [-0.15, -0.1) is 0 Å². The van der Waals surface area contributed by atoms with Gasteiger partial charge in [0, 0.05) is 30.4 Å². The molecule has 1 saturated carbocycles. The molecule has 0 radical (unpaired) electrons. The third-order valence-corrected chi connectivity index (χ3v) is 3.64. The molecule has 6 heteroatoms. The highest BCUT2D eigenvalue weighted by Crippen LogP contribution is 2.44. The minimum absolute atomic E-state index is 0.0770. The maximum absolute atomic E-state index is 12.3. The average Bonchev–Trinajstić information content (AvgIpc) is 2.96. The van der Waals surface area contributed by atoms with Crippen molar-refractivity contribution in [3.8, 4) is 0 Å². The van der Waals surface area contributed by atoms with Crippen LogP contribution in [0, 0.1) is 15.5 Å². The molecule has 0 bridgehead atoms. The van der Waals surface area contributed by atoms with Crippen molar-refractivity contribution >= 4 is 17.3 Å². The fourth-order valence-corrected chi connectivity index (χ4v) is 2.13. The summed E-state index contributed by atoms with van der Waals surface area (Å²) in [6.07, 6.45) is 0.935. The predicted molar refractivity (Wildman–Crippen MR) is 76.9 cm³/mol. The molecule has 1 aliphatic carbocycles. The first-order valence-corrected chi connectivity index (χ1v) is 6.68. The Morgan fingerprint density at radius 2 is 2.15 bits per heavy atom. The summed E-state index contributed by atoms with van der Waals surface area (Å²) in [6, 6.07) is 4.44. The molecule has 1 unspecified atom stereocenters. The van der Waals surface area contributed by atoms with Crippen molar-refractivity contribution in [2.24, 2.45) is 5.41 Å². The van der Waals surface area contributed by atoms with Gasteiger partial charge < -0.3 is 10.6 Å². The van der Waals surface area contributed by atoms with E-state index < -0.39 is 4.92 Å². The predicted octanol–water partition coefficient (Wildman–Crippen LogP) is 2.55. The highest BCUT2D eigenvalue weighted by Gasteiger charge is 2.46. The Morgan fingerprint density at radius 1 is 1.50 bits per heavy atom. The molecule has 1 atom stereocenters. The number of non-ortho nitro benzene ring substituents is 1. The Hall–Kier alpha value is -2.11. The van der Waals surface area contributed by atoms with E-state index in [1.807, 2.05) is 6.92 Å². The van der Waals surface area contributed by atoms with E-state index in [1.54, 1.807) is 6.07 Å². The van der Waals surface area contributed by atoms with Gasteiger partial charge in [-0.25, -0.2) is 0 Å². The molecule has 0 aromatic heterocycles. The van der Waals surface area contributed by atoms with E-state index >= 15 is 0 Å². The van der Waals surface area contributed by atoms with Crippen molar-refractivity contribution in [3.63, 3.8) is 0 Å². The van der Waals surface area contributed by atoms with Crippen LogP contribution in [0.3, 0.4) is 0 Å². The molecule has 6 nitrogen and oxygen atoms in total. The standard InChI is InChI=1S/C14H19N3O3/c1-4-15-11-6-5-9(17(19)20)7-10(11)13(18)16-12-8-14(12,2)3/h5-7,12,15H,4,8H2,1-3H3,(H,16,18). The smallest absolute Gasteiger partial charge is 0.270 e. The van der Waals surface area contributed by atoms with Gasteiger partial charge in [0.1, 0.15) is 0 Å². The number of amides is 1. The van der Waals surface area contributed by atoms with Crippen LogP contribution in [0.1, 0.15) is 37.6 Å². The second kappa shape index (κ2) is 5.11. The number of carbonyl (C=O) groups excluding carboxylic acids is 1. The van der Waals surface area contributed by atoms with Crippen LogP contribution in [0.4, 0.5) is 11.4 Å². The van der Waals surface area contributed by atoms with Crippen molar-refractivity contribution in [2.75, 3.05) is 11.9 Å². The lowest BCUT2D eigenvalue weighted by molar-refractivity contribution is -0.384. The lowest BCUT2D eigenvalue weighted by Gasteiger charge is -2.12. The van der Waals surface area contributed by atoms with E-state index in [9.17, 15) is 14.9 Å². The van der Waals surface area contributed by atoms with E-state index in [1.165, 1.54) is 12.1 Å². The minimum atomic E-state index is -0.492. The van der Waals surface area contributed by atoms with Crippen LogP contribution in [0.25, 0.3) is 0 Å². The molecule has 20 heavy (non-hydrogen) atoms. The molecule has 1 aromatic carbocycles. The quantitative estimate of drug-likeness (QED) is 0.640. The van der Waals surface area contributed by atoms with Crippen LogP contribution in [-0.4, -0.2) is 23.4 Å². The summed E-state index contributed by atoms with van der Waals surface area (Å²) in [5.41, 5.74) is 0.985. The maximum Gasteiger partial charge on any atom is 0.270 e. The Balaban J connectivity index is 2.24. The van der Waals surface area contributed by atoms with E-state index in [2.05, 4.69) is 24.5 Å². The SMILES string of the molecule is CCNc1ccc([N+](=O)[O-])cc1C(=O)NC1CC1(C)C. The van der Waals surface area contributed by atoms with Crippen LogP contribution >= 0.6 is 0 Å². The van der Waals surface area contributed by atoms with Crippen LogP contribution in [0.5, 0.6) is 0 Å². The highest BCUT2D eigenvalue weighted by atomic mass is 16.6. The van der Waals surface area contributed by atoms with E-state index in [4.69, 9.17) is 0 Å². The van der Waals surface area contributed by atoms with Gasteiger partial charge in [-0.05, 0) is 24.8 Å². The van der Waals surface area contributed by atoms with E-state index in [0.29, 0.717) is 17.8 Å². The molecule has 0 heterocycles. The normalized spacial score (nSPS) is 19.2. The van der Waals surface area contributed by atoms with Gasteiger partial charge in [0.05, 0.1) is 10.5 Å². The van der Waals surface area contributed by atoms with Crippen molar-refractivity contribution in [2.45, 2.75) is 33.2 Å². The van der Waals surface area contributed by atoms with Gasteiger partial charge in [-0.3, -0.25) is 14.9 Å². The monoisotopic (exact) mass is 277 g/mol. The summed E-state index contributed by atoms with van der Waals surface area (Å²) in [5.74, 6) is -0.264. The maximum atomic E-state index is 12.3. The van der Waals surface area contributed by atoms with Crippen LogP contribution in [-0.2, 0) is 0 Å². The van der Waals surface area contributed by atoms with Crippen molar-refractivity contribution in [1.29, 1.82) is 0 Å². The average molecular weight is 277 g/mol. The Morgan fingerprint density at radius 3 is 2.65 bits per heavy atom.